The summed E-state index contributed by atoms with van der Waals surface area (Å²) in [6, 6.07) is 7.39. The number of rotatable bonds is 4. The first kappa shape index (κ1) is 14.3. The Labute approximate surface area is 127 Å². The van der Waals surface area contributed by atoms with Gasteiger partial charge in [0, 0.05) is 0 Å². The summed E-state index contributed by atoms with van der Waals surface area (Å²) >= 11 is 0. The lowest BCUT2D eigenvalue weighted by Gasteiger charge is -2.25. The Morgan fingerprint density at radius 3 is 2.95 bits per heavy atom. The molecule has 0 saturated carbocycles. The van der Waals surface area contributed by atoms with E-state index in [2.05, 4.69) is 20.8 Å². The van der Waals surface area contributed by atoms with Crippen LogP contribution in [0.25, 0.3) is 0 Å². The monoisotopic (exact) mass is 303 g/mol. The molecule has 1 aromatic carbocycles. The van der Waals surface area contributed by atoms with Gasteiger partial charge in [-0.15, -0.1) is 5.10 Å². The van der Waals surface area contributed by atoms with Crippen LogP contribution in [0.3, 0.4) is 0 Å². The van der Waals surface area contributed by atoms with E-state index in [9.17, 15) is 4.79 Å². The van der Waals surface area contributed by atoms with Crippen LogP contribution in [0.4, 0.5) is 0 Å². The first-order chi connectivity index (χ1) is 10.6. The number of carbonyl (C=O) groups excluding carboxylic acids is 1. The molecule has 0 radical (unpaired) electrons. The van der Waals surface area contributed by atoms with Crippen molar-refractivity contribution in [1.82, 2.24) is 25.5 Å². The third-order valence-electron chi connectivity index (χ3n) is 3.27. The van der Waals surface area contributed by atoms with Crippen LogP contribution < -0.4 is 14.8 Å². The third-order valence-corrected chi connectivity index (χ3v) is 3.27. The van der Waals surface area contributed by atoms with Gasteiger partial charge in [-0.25, -0.2) is 4.68 Å². The fourth-order valence-corrected chi connectivity index (χ4v) is 2.16. The second-order valence-corrected chi connectivity index (χ2v) is 5.22. The first-order valence-electron chi connectivity index (χ1n) is 7.08. The van der Waals surface area contributed by atoms with Gasteiger partial charge in [0.15, 0.2) is 17.3 Å². The number of nitrogens with one attached hydrogen (secondary N) is 1. The van der Waals surface area contributed by atoms with Gasteiger partial charge in [-0.2, -0.15) is 0 Å². The number of tetrazole rings is 1. The quantitative estimate of drug-likeness (QED) is 0.894. The normalized spacial score (nSPS) is 16.6. The van der Waals surface area contributed by atoms with Crippen molar-refractivity contribution in [2.24, 2.45) is 0 Å². The van der Waals surface area contributed by atoms with Crippen LogP contribution in [-0.4, -0.2) is 38.8 Å². The van der Waals surface area contributed by atoms with Gasteiger partial charge in [-0.05, 0) is 36.4 Å². The Morgan fingerprint density at radius 2 is 2.18 bits per heavy atom. The molecule has 0 spiro atoms. The van der Waals surface area contributed by atoms with E-state index in [1.165, 1.54) is 0 Å². The summed E-state index contributed by atoms with van der Waals surface area (Å²) in [5.74, 6) is 1.56. The molecule has 3 rings (SSSR count). The molecule has 0 aliphatic carbocycles. The number of aromatic nitrogens is 4. The summed E-state index contributed by atoms with van der Waals surface area (Å²) in [4.78, 5) is 12.2. The zero-order chi connectivity index (χ0) is 15.5. The summed E-state index contributed by atoms with van der Waals surface area (Å²) in [7, 11) is 0. The lowest BCUT2D eigenvalue weighted by Crippen LogP contribution is -2.44. The summed E-state index contributed by atoms with van der Waals surface area (Å²) < 4.78 is 12.8. The number of fused-ring (bicyclic) bond motifs is 1. The van der Waals surface area contributed by atoms with Crippen molar-refractivity contribution in [3.8, 4) is 11.5 Å². The van der Waals surface area contributed by atoms with E-state index in [1.54, 1.807) is 16.8 Å². The summed E-state index contributed by atoms with van der Waals surface area (Å²) in [6.07, 6.45) is -0.682. The van der Waals surface area contributed by atoms with Crippen molar-refractivity contribution < 1.29 is 14.3 Å². The molecule has 0 bridgehead atoms. The third kappa shape index (κ3) is 2.85. The van der Waals surface area contributed by atoms with Gasteiger partial charge >= 0.3 is 0 Å². The Bertz CT molecular complexity index is 670. The minimum absolute atomic E-state index is 0.128. The predicted molar refractivity (Wildman–Crippen MR) is 76.4 cm³/mol. The highest BCUT2D eigenvalue weighted by molar-refractivity contribution is 5.81. The van der Waals surface area contributed by atoms with Crippen molar-refractivity contribution >= 4 is 5.91 Å². The largest absolute Gasteiger partial charge is 0.485 e. The lowest BCUT2D eigenvalue weighted by molar-refractivity contribution is -0.130. The maximum atomic E-state index is 12.2. The van der Waals surface area contributed by atoms with Crippen LogP contribution >= 0.6 is 0 Å². The lowest BCUT2D eigenvalue weighted by atomic mass is 10.2. The summed E-state index contributed by atoms with van der Waals surface area (Å²) in [5, 5.41) is 14.2. The van der Waals surface area contributed by atoms with Crippen LogP contribution in [0.15, 0.2) is 24.3 Å². The van der Waals surface area contributed by atoms with E-state index >= 15 is 0 Å². The standard InChI is InChI=1S/C14H17N5O3/c1-9(2)19-13(16-17-18-19)7-15-14(20)12-8-21-10-5-3-4-6-11(10)22-12/h3-6,9,12H,7-8H2,1-2H3,(H,15,20)/t12-/m0/s1. The van der Waals surface area contributed by atoms with Crippen LogP contribution in [-0.2, 0) is 11.3 Å². The highest BCUT2D eigenvalue weighted by atomic mass is 16.6. The molecule has 1 amide bonds. The van der Waals surface area contributed by atoms with Crippen molar-refractivity contribution in [1.29, 1.82) is 0 Å². The number of para-hydroxylation sites is 2. The maximum absolute atomic E-state index is 12.2. The Hall–Kier alpha value is -2.64. The van der Waals surface area contributed by atoms with E-state index in [1.807, 2.05) is 26.0 Å². The van der Waals surface area contributed by atoms with E-state index < -0.39 is 6.10 Å². The van der Waals surface area contributed by atoms with Gasteiger partial charge in [-0.3, -0.25) is 4.79 Å². The SMILES string of the molecule is CC(C)n1nnnc1CNC(=O)[C@@H]1COc2ccccc2O1. The highest BCUT2D eigenvalue weighted by Crippen LogP contribution is 2.30. The molecule has 2 aromatic rings. The van der Waals surface area contributed by atoms with Gasteiger partial charge in [0.25, 0.3) is 5.91 Å². The highest BCUT2D eigenvalue weighted by Gasteiger charge is 2.27. The van der Waals surface area contributed by atoms with Crippen molar-refractivity contribution in [3.63, 3.8) is 0 Å². The molecule has 8 nitrogen and oxygen atoms in total. The molecule has 1 atom stereocenters. The average Bonchev–Trinajstić information content (AvgIpc) is 3.01. The number of ether oxygens (including phenoxy) is 2. The number of carbonyl (C=O) groups is 1. The van der Waals surface area contributed by atoms with E-state index in [0.29, 0.717) is 17.3 Å². The minimum Gasteiger partial charge on any atom is -0.485 e. The van der Waals surface area contributed by atoms with E-state index in [0.717, 1.165) is 0 Å². The van der Waals surface area contributed by atoms with Gasteiger partial charge in [-0.1, -0.05) is 12.1 Å². The van der Waals surface area contributed by atoms with Crippen molar-refractivity contribution in [2.45, 2.75) is 32.5 Å². The zero-order valence-corrected chi connectivity index (χ0v) is 12.4. The van der Waals surface area contributed by atoms with Crippen molar-refractivity contribution in [2.75, 3.05) is 6.61 Å². The van der Waals surface area contributed by atoms with Crippen LogP contribution in [0.1, 0.15) is 25.7 Å². The minimum atomic E-state index is -0.682. The molecular formula is C14H17N5O3. The number of nitrogens with zero attached hydrogens (tertiary/aromatic N) is 4. The summed E-state index contributed by atoms with van der Waals surface area (Å²) in [6.45, 7) is 4.36. The molecule has 2 heterocycles. The number of hydrogen-bond donors (Lipinski definition) is 1. The smallest absolute Gasteiger partial charge is 0.265 e. The van der Waals surface area contributed by atoms with E-state index in [-0.39, 0.29) is 25.1 Å². The Balaban J connectivity index is 1.60. The molecule has 1 N–H and O–H groups in total. The number of benzene rings is 1. The fraction of sp³-hybridized carbons (Fsp3) is 0.429. The molecule has 116 valence electrons. The van der Waals surface area contributed by atoms with Crippen LogP contribution in [0.2, 0.25) is 0 Å². The van der Waals surface area contributed by atoms with Gasteiger partial charge in [0.1, 0.15) is 6.61 Å². The van der Waals surface area contributed by atoms with Gasteiger partial charge in [0.2, 0.25) is 6.10 Å². The second kappa shape index (κ2) is 6.00. The van der Waals surface area contributed by atoms with Crippen molar-refractivity contribution in [3.05, 3.63) is 30.1 Å². The molecule has 1 aromatic heterocycles. The van der Waals surface area contributed by atoms with Crippen LogP contribution in [0.5, 0.6) is 11.5 Å². The molecule has 0 fully saturated rings. The molecule has 1 aliphatic rings. The first-order valence-corrected chi connectivity index (χ1v) is 7.08. The Kier molecular flexibility index (Phi) is 3.90. The zero-order valence-electron chi connectivity index (χ0n) is 12.4. The van der Waals surface area contributed by atoms with Gasteiger partial charge < -0.3 is 14.8 Å². The topological polar surface area (TPSA) is 91.2 Å². The predicted octanol–water partition coefficient (Wildman–Crippen LogP) is 0.710. The van der Waals surface area contributed by atoms with Gasteiger partial charge in [0.05, 0.1) is 12.6 Å². The summed E-state index contributed by atoms with van der Waals surface area (Å²) in [5.41, 5.74) is 0. The van der Waals surface area contributed by atoms with Crippen LogP contribution in [0, 0.1) is 0 Å². The average molecular weight is 303 g/mol. The molecule has 0 saturated heterocycles. The molecule has 0 unspecified atom stereocenters. The molecule has 1 aliphatic heterocycles. The fourth-order valence-electron chi connectivity index (χ4n) is 2.16. The number of hydrogen-bond acceptors (Lipinski definition) is 6. The number of amides is 1. The molecular weight excluding hydrogens is 286 g/mol. The molecule has 22 heavy (non-hydrogen) atoms. The van der Waals surface area contributed by atoms with E-state index in [4.69, 9.17) is 9.47 Å². The molecule has 8 heteroatoms. The maximum Gasteiger partial charge on any atom is 0.265 e. The Morgan fingerprint density at radius 1 is 1.41 bits per heavy atom. The second-order valence-electron chi connectivity index (χ2n) is 5.22.